The second kappa shape index (κ2) is 6.67. The van der Waals surface area contributed by atoms with E-state index in [0.29, 0.717) is 22.4 Å². The van der Waals surface area contributed by atoms with Gasteiger partial charge >= 0.3 is 6.18 Å². The van der Waals surface area contributed by atoms with Crippen LogP contribution in [0.25, 0.3) is 21.6 Å². The number of halogens is 3. The zero-order chi connectivity index (χ0) is 20.1. The Hall–Kier alpha value is -2.79. The zero-order valence-corrected chi connectivity index (χ0v) is 16.2. The Morgan fingerprint density at radius 3 is 2.68 bits per heavy atom. The molecule has 28 heavy (non-hydrogen) atoms. The number of carbonyl (C=O) groups excluding carboxylic acids is 1. The van der Waals surface area contributed by atoms with Gasteiger partial charge in [-0.25, -0.2) is 9.97 Å². The maximum Gasteiger partial charge on any atom is 0.434 e. The van der Waals surface area contributed by atoms with Crippen LogP contribution in [-0.2, 0) is 13.2 Å². The average molecular weight is 423 g/mol. The summed E-state index contributed by atoms with van der Waals surface area (Å²) in [5, 5.41) is 9.96. The van der Waals surface area contributed by atoms with Crippen LogP contribution in [0.4, 0.5) is 18.3 Å². The second-order valence-electron chi connectivity index (χ2n) is 5.93. The number of aryl methyl sites for hydroxylation is 2. The van der Waals surface area contributed by atoms with Crippen molar-refractivity contribution in [1.29, 1.82) is 0 Å². The normalized spacial score (nSPS) is 11.9. The molecule has 1 amide bonds. The number of aromatic nitrogens is 4. The van der Waals surface area contributed by atoms with Gasteiger partial charge in [-0.15, -0.1) is 22.7 Å². The molecule has 0 spiro atoms. The molecule has 0 saturated heterocycles. The minimum absolute atomic E-state index is 0.124. The Labute approximate surface area is 164 Å². The molecule has 0 unspecified atom stereocenters. The summed E-state index contributed by atoms with van der Waals surface area (Å²) in [4.78, 5) is 21.8. The lowest BCUT2D eigenvalue weighted by Crippen LogP contribution is -2.14. The molecule has 4 aromatic heterocycles. The maximum absolute atomic E-state index is 12.9. The number of fused-ring (bicyclic) bond motifs is 1. The van der Waals surface area contributed by atoms with Crippen LogP contribution >= 0.6 is 22.7 Å². The van der Waals surface area contributed by atoms with Crippen LogP contribution in [0.1, 0.15) is 21.7 Å². The molecule has 6 nitrogen and oxygen atoms in total. The molecule has 0 radical (unpaired) electrons. The van der Waals surface area contributed by atoms with Gasteiger partial charge in [0.2, 0.25) is 0 Å². The SMILES string of the molecule is Cc1nn(C)c2nc(-c3cccs3)cc(C(=O)Nc3nc(C(F)(F)F)cs3)c12. The largest absolute Gasteiger partial charge is 0.434 e. The van der Waals surface area contributed by atoms with Crippen molar-refractivity contribution in [2.45, 2.75) is 13.1 Å². The average Bonchev–Trinajstić information content (AvgIpc) is 3.35. The van der Waals surface area contributed by atoms with Crippen molar-refractivity contribution in [3.63, 3.8) is 0 Å². The molecular weight excluding hydrogens is 411 g/mol. The van der Waals surface area contributed by atoms with Crippen LogP contribution in [0.3, 0.4) is 0 Å². The molecule has 0 saturated carbocycles. The number of hydrogen-bond donors (Lipinski definition) is 1. The van der Waals surface area contributed by atoms with Crippen LogP contribution in [0, 0.1) is 6.92 Å². The van der Waals surface area contributed by atoms with Gasteiger partial charge in [-0.2, -0.15) is 18.3 Å². The highest BCUT2D eigenvalue weighted by Crippen LogP contribution is 2.33. The topological polar surface area (TPSA) is 72.7 Å². The van der Waals surface area contributed by atoms with Crippen molar-refractivity contribution < 1.29 is 18.0 Å². The van der Waals surface area contributed by atoms with Crippen LogP contribution in [0.15, 0.2) is 29.0 Å². The first-order valence-corrected chi connectivity index (χ1v) is 9.72. The Morgan fingerprint density at radius 2 is 2.04 bits per heavy atom. The quantitative estimate of drug-likeness (QED) is 0.517. The Kier molecular flexibility index (Phi) is 4.42. The van der Waals surface area contributed by atoms with E-state index in [1.165, 1.54) is 11.3 Å². The smallest absolute Gasteiger partial charge is 0.298 e. The zero-order valence-electron chi connectivity index (χ0n) is 14.5. The third-order valence-corrected chi connectivity index (χ3v) is 5.65. The molecule has 4 rings (SSSR count). The summed E-state index contributed by atoms with van der Waals surface area (Å²) >= 11 is 2.19. The van der Waals surface area contributed by atoms with Crippen molar-refractivity contribution in [1.82, 2.24) is 19.7 Å². The summed E-state index contributed by atoms with van der Waals surface area (Å²) in [5.41, 5.74) is 0.949. The first-order chi connectivity index (χ1) is 13.2. The lowest BCUT2D eigenvalue weighted by Gasteiger charge is -2.07. The number of hydrogen-bond acceptors (Lipinski definition) is 6. The monoisotopic (exact) mass is 423 g/mol. The van der Waals surface area contributed by atoms with Crippen LogP contribution < -0.4 is 5.32 Å². The molecule has 0 atom stereocenters. The molecule has 4 heterocycles. The van der Waals surface area contributed by atoms with Gasteiger partial charge in [0, 0.05) is 12.4 Å². The predicted molar refractivity (Wildman–Crippen MR) is 102 cm³/mol. The number of alkyl halides is 3. The minimum atomic E-state index is -4.56. The van der Waals surface area contributed by atoms with Crippen molar-refractivity contribution in [2.24, 2.45) is 7.05 Å². The Bertz CT molecular complexity index is 1180. The van der Waals surface area contributed by atoms with Crippen molar-refractivity contribution >= 4 is 44.7 Å². The van der Waals surface area contributed by atoms with E-state index in [1.54, 1.807) is 24.7 Å². The third kappa shape index (κ3) is 3.27. The highest BCUT2D eigenvalue weighted by atomic mass is 32.1. The van der Waals surface area contributed by atoms with Gasteiger partial charge in [0.25, 0.3) is 5.91 Å². The van der Waals surface area contributed by atoms with Gasteiger partial charge in [0.1, 0.15) is 0 Å². The van der Waals surface area contributed by atoms with Crippen molar-refractivity contribution in [3.05, 3.63) is 45.9 Å². The fraction of sp³-hybridized carbons (Fsp3) is 0.176. The van der Waals surface area contributed by atoms with E-state index in [-0.39, 0.29) is 10.7 Å². The van der Waals surface area contributed by atoms with Crippen LogP contribution in [-0.4, -0.2) is 25.7 Å². The molecular formula is C17H12F3N5OS2. The molecule has 11 heteroatoms. The summed E-state index contributed by atoms with van der Waals surface area (Å²) in [6, 6.07) is 5.37. The van der Waals surface area contributed by atoms with Gasteiger partial charge in [-0.1, -0.05) is 6.07 Å². The first-order valence-electron chi connectivity index (χ1n) is 7.96. The highest BCUT2D eigenvalue weighted by Gasteiger charge is 2.34. The number of carbonyl (C=O) groups is 1. The standard InChI is InChI=1S/C17H12F3N5OS2/c1-8-13-9(15(26)23-16-22-12(7-28-16)17(18,19)20)6-10(11-4-3-5-27-11)21-14(13)25(2)24-8/h3-7H,1-2H3,(H,22,23,26). The van der Waals surface area contributed by atoms with Gasteiger partial charge in [0.05, 0.1) is 27.2 Å². The fourth-order valence-corrected chi connectivity index (χ4v) is 4.20. The van der Waals surface area contributed by atoms with E-state index in [9.17, 15) is 18.0 Å². The van der Waals surface area contributed by atoms with Crippen molar-refractivity contribution in [3.8, 4) is 10.6 Å². The Balaban J connectivity index is 1.78. The summed E-state index contributed by atoms with van der Waals surface area (Å²) in [5.74, 6) is -0.565. The lowest BCUT2D eigenvalue weighted by atomic mass is 10.1. The van der Waals surface area contributed by atoms with Gasteiger partial charge in [-0.05, 0) is 24.4 Å². The predicted octanol–water partition coefficient (Wildman–Crippen LogP) is 4.73. The summed E-state index contributed by atoms with van der Waals surface area (Å²) in [6.07, 6.45) is -4.56. The number of amides is 1. The third-order valence-electron chi connectivity index (χ3n) is 4.00. The van der Waals surface area contributed by atoms with E-state index in [1.807, 2.05) is 17.5 Å². The molecule has 0 aliphatic heterocycles. The number of thiazole rings is 1. The molecule has 1 N–H and O–H groups in total. The number of thiophene rings is 1. The molecule has 0 aliphatic carbocycles. The van der Waals surface area contributed by atoms with Crippen LogP contribution in [0.5, 0.6) is 0 Å². The molecule has 0 fully saturated rings. The number of pyridine rings is 1. The molecule has 4 aromatic rings. The fourth-order valence-electron chi connectivity index (χ4n) is 2.80. The van der Waals surface area contributed by atoms with Crippen molar-refractivity contribution in [2.75, 3.05) is 5.32 Å². The number of rotatable bonds is 3. The highest BCUT2D eigenvalue weighted by molar-refractivity contribution is 7.14. The van der Waals surface area contributed by atoms with E-state index < -0.39 is 17.8 Å². The van der Waals surface area contributed by atoms with E-state index in [4.69, 9.17) is 0 Å². The summed E-state index contributed by atoms with van der Waals surface area (Å²) < 4.78 is 39.8. The van der Waals surface area contributed by atoms with Crippen LogP contribution in [0.2, 0.25) is 0 Å². The van der Waals surface area contributed by atoms with Gasteiger partial charge in [0.15, 0.2) is 16.5 Å². The van der Waals surface area contributed by atoms with E-state index >= 15 is 0 Å². The van der Waals surface area contributed by atoms with E-state index in [2.05, 4.69) is 20.4 Å². The Morgan fingerprint density at radius 1 is 1.25 bits per heavy atom. The van der Waals surface area contributed by atoms with Gasteiger partial charge < -0.3 is 0 Å². The second-order valence-corrected chi connectivity index (χ2v) is 7.74. The summed E-state index contributed by atoms with van der Waals surface area (Å²) in [6.45, 7) is 1.75. The number of anilines is 1. The van der Waals surface area contributed by atoms with E-state index in [0.717, 1.165) is 21.6 Å². The molecule has 0 bridgehead atoms. The van der Waals surface area contributed by atoms with Gasteiger partial charge in [-0.3, -0.25) is 14.8 Å². The molecule has 0 aromatic carbocycles. The number of nitrogens with one attached hydrogen (secondary N) is 1. The first kappa shape index (κ1) is 18.6. The summed E-state index contributed by atoms with van der Waals surface area (Å²) in [7, 11) is 1.72. The molecule has 0 aliphatic rings. The number of nitrogens with zero attached hydrogens (tertiary/aromatic N) is 4. The molecule has 144 valence electrons. The maximum atomic E-state index is 12.9. The minimum Gasteiger partial charge on any atom is -0.298 e. The lowest BCUT2D eigenvalue weighted by molar-refractivity contribution is -0.140.